The van der Waals surface area contributed by atoms with Crippen molar-refractivity contribution in [2.24, 2.45) is 7.05 Å². The third-order valence-corrected chi connectivity index (χ3v) is 4.53. The van der Waals surface area contributed by atoms with E-state index in [1.165, 1.54) is 27.6 Å². The molecule has 1 aliphatic heterocycles. The van der Waals surface area contributed by atoms with Gasteiger partial charge in [-0.05, 0) is 60.0 Å². The number of hydrogen-bond acceptors (Lipinski definition) is 1. The van der Waals surface area contributed by atoms with Gasteiger partial charge in [0, 0.05) is 41.7 Å². The van der Waals surface area contributed by atoms with Crippen molar-refractivity contribution in [2.75, 3.05) is 4.90 Å². The predicted octanol–water partition coefficient (Wildman–Crippen LogP) is 5.42. The second-order valence-corrected chi connectivity index (χ2v) is 6.32. The Balaban J connectivity index is 1.77. The topological polar surface area (TPSA) is 8.17 Å². The highest BCUT2D eigenvalue weighted by molar-refractivity contribution is 5.88. The minimum Gasteiger partial charge on any atom is -0.351 e. The smallest absolute Gasteiger partial charge is 0.0478 e. The van der Waals surface area contributed by atoms with Crippen LogP contribution in [-0.2, 0) is 7.05 Å². The third-order valence-electron chi connectivity index (χ3n) is 4.53. The van der Waals surface area contributed by atoms with E-state index in [1.54, 1.807) is 0 Å². The van der Waals surface area contributed by atoms with Gasteiger partial charge in [0.15, 0.2) is 0 Å². The van der Waals surface area contributed by atoms with Crippen LogP contribution in [0.25, 0.3) is 16.5 Å². The molecule has 118 valence electrons. The number of nitrogens with zero attached hydrogens (tertiary/aromatic N) is 2. The van der Waals surface area contributed by atoms with Gasteiger partial charge in [-0.1, -0.05) is 30.9 Å². The van der Waals surface area contributed by atoms with Crippen LogP contribution in [0.1, 0.15) is 11.1 Å². The minimum absolute atomic E-state index is 0.977. The lowest BCUT2D eigenvalue weighted by Crippen LogP contribution is -2.16. The molecule has 0 saturated carbocycles. The van der Waals surface area contributed by atoms with E-state index >= 15 is 0 Å². The molecule has 2 heteroatoms. The maximum atomic E-state index is 4.17. The lowest BCUT2D eigenvalue weighted by molar-refractivity contribution is 0.969. The number of rotatable bonds is 2. The van der Waals surface area contributed by atoms with Crippen molar-refractivity contribution in [2.45, 2.75) is 6.92 Å². The summed E-state index contributed by atoms with van der Waals surface area (Å²) in [4.78, 5) is 2.15. The summed E-state index contributed by atoms with van der Waals surface area (Å²) in [7, 11) is 2.07. The number of anilines is 1. The molecular weight excluding hydrogens is 292 g/mol. The Morgan fingerprint density at radius 3 is 2.67 bits per heavy atom. The van der Waals surface area contributed by atoms with Gasteiger partial charge in [0.25, 0.3) is 0 Å². The first-order valence-corrected chi connectivity index (χ1v) is 8.12. The van der Waals surface area contributed by atoms with E-state index in [1.807, 2.05) is 0 Å². The molecule has 0 amide bonds. The molecule has 0 N–H and O–H groups in total. The molecule has 2 heterocycles. The highest BCUT2D eigenvalue weighted by Gasteiger charge is 2.13. The molecule has 2 aromatic carbocycles. The summed E-state index contributed by atoms with van der Waals surface area (Å²) in [5.41, 5.74) is 7.02. The normalized spacial score (nSPS) is 14.3. The molecule has 24 heavy (non-hydrogen) atoms. The molecule has 2 nitrogen and oxygen atoms in total. The lowest BCUT2D eigenvalue weighted by atomic mass is 10.0. The highest BCUT2D eigenvalue weighted by Crippen LogP contribution is 2.30. The SMILES string of the molecule is C=C1C=CC(c2ccc3c(ccn3C)c2)=CN1c1cccc(C)c1. The van der Waals surface area contributed by atoms with Crippen molar-refractivity contribution in [1.29, 1.82) is 0 Å². The van der Waals surface area contributed by atoms with E-state index in [0.717, 1.165) is 11.4 Å². The van der Waals surface area contributed by atoms with Crippen LogP contribution in [0.3, 0.4) is 0 Å². The monoisotopic (exact) mass is 312 g/mol. The van der Waals surface area contributed by atoms with Crippen molar-refractivity contribution in [3.8, 4) is 0 Å². The van der Waals surface area contributed by atoms with Crippen LogP contribution in [0.2, 0.25) is 0 Å². The summed E-state index contributed by atoms with van der Waals surface area (Å²) < 4.78 is 2.14. The Hall–Kier alpha value is -3.00. The Labute approximate surface area is 142 Å². The molecule has 0 spiro atoms. The zero-order valence-electron chi connectivity index (χ0n) is 14.0. The molecule has 3 aromatic rings. The van der Waals surface area contributed by atoms with E-state index < -0.39 is 0 Å². The number of aromatic nitrogens is 1. The Morgan fingerprint density at radius 2 is 1.83 bits per heavy atom. The molecule has 0 aliphatic carbocycles. The standard InChI is InChI=1S/C22H20N2/c1-16-5-4-6-21(13-16)24-15-20(8-7-17(24)2)18-9-10-22-19(14-18)11-12-23(22)3/h4-15H,2H2,1,3H3. The molecule has 4 rings (SSSR count). The first-order valence-electron chi connectivity index (χ1n) is 8.12. The van der Waals surface area contributed by atoms with Gasteiger partial charge in [-0.3, -0.25) is 0 Å². The van der Waals surface area contributed by atoms with E-state index in [4.69, 9.17) is 0 Å². The van der Waals surface area contributed by atoms with Crippen molar-refractivity contribution in [3.05, 3.63) is 96.5 Å². The molecule has 0 fully saturated rings. The van der Waals surface area contributed by atoms with Crippen LogP contribution in [0.4, 0.5) is 5.69 Å². The van der Waals surface area contributed by atoms with Gasteiger partial charge in [0.1, 0.15) is 0 Å². The molecule has 0 atom stereocenters. The number of fused-ring (bicyclic) bond motifs is 1. The zero-order chi connectivity index (χ0) is 16.7. The summed E-state index contributed by atoms with van der Waals surface area (Å²) in [6.45, 7) is 6.29. The third kappa shape index (κ3) is 2.46. The Morgan fingerprint density at radius 1 is 0.958 bits per heavy atom. The van der Waals surface area contributed by atoms with Crippen LogP contribution < -0.4 is 4.90 Å². The van der Waals surface area contributed by atoms with Crippen LogP contribution in [0, 0.1) is 6.92 Å². The van der Waals surface area contributed by atoms with Crippen molar-refractivity contribution >= 4 is 22.2 Å². The second kappa shape index (κ2) is 5.57. The predicted molar refractivity (Wildman–Crippen MR) is 103 cm³/mol. The van der Waals surface area contributed by atoms with Crippen molar-refractivity contribution < 1.29 is 0 Å². The fourth-order valence-electron chi connectivity index (χ4n) is 3.18. The van der Waals surface area contributed by atoms with Gasteiger partial charge < -0.3 is 9.47 Å². The molecular formula is C22H20N2. The Kier molecular flexibility index (Phi) is 3.39. The van der Waals surface area contributed by atoms with E-state index in [9.17, 15) is 0 Å². The number of allylic oxidation sites excluding steroid dienone is 3. The van der Waals surface area contributed by atoms with Crippen molar-refractivity contribution in [1.82, 2.24) is 4.57 Å². The van der Waals surface area contributed by atoms with Gasteiger partial charge in [0.05, 0.1) is 0 Å². The summed E-state index contributed by atoms with van der Waals surface area (Å²) >= 11 is 0. The lowest BCUT2D eigenvalue weighted by Gasteiger charge is -2.26. The molecule has 1 aliphatic rings. The average molecular weight is 312 g/mol. The maximum Gasteiger partial charge on any atom is 0.0478 e. The zero-order valence-corrected chi connectivity index (χ0v) is 14.0. The Bertz CT molecular complexity index is 1000. The largest absolute Gasteiger partial charge is 0.351 e. The number of aryl methyl sites for hydroxylation is 2. The fourth-order valence-corrected chi connectivity index (χ4v) is 3.18. The quantitative estimate of drug-likeness (QED) is 0.613. The highest BCUT2D eigenvalue weighted by atomic mass is 15.1. The molecule has 0 radical (unpaired) electrons. The molecule has 0 saturated heterocycles. The van der Waals surface area contributed by atoms with Gasteiger partial charge in [-0.25, -0.2) is 0 Å². The fraction of sp³-hybridized carbons (Fsp3) is 0.0909. The van der Waals surface area contributed by atoms with Gasteiger partial charge in [-0.15, -0.1) is 0 Å². The number of hydrogen-bond donors (Lipinski definition) is 0. The minimum atomic E-state index is 0.977. The molecule has 0 bridgehead atoms. The van der Waals surface area contributed by atoms with Gasteiger partial charge in [0.2, 0.25) is 0 Å². The van der Waals surface area contributed by atoms with E-state index in [0.29, 0.717) is 0 Å². The average Bonchev–Trinajstić information content (AvgIpc) is 2.96. The summed E-state index contributed by atoms with van der Waals surface area (Å²) in [6.07, 6.45) is 8.48. The first kappa shape index (κ1) is 14.6. The van der Waals surface area contributed by atoms with Gasteiger partial charge >= 0.3 is 0 Å². The van der Waals surface area contributed by atoms with E-state index in [-0.39, 0.29) is 0 Å². The van der Waals surface area contributed by atoms with Crippen molar-refractivity contribution in [3.63, 3.8) is 0 Å². The van der Waals surface area contributed by atoms with Crippen LogP contribution in [0.15, 0.2) is 85.4 Å². The summed E-state index contributed by atoms with van der Waals surface area (Å²) in [5.74, 6) is 0. The first-order chi connectivity index (χ1) is 11.6. The van der Waals surface area contributed by atoms with Crippen LogP contribution in [-0.4, -0.2) is 4.57 Å². The second-order valence-electron chi connectivity index (χ2n) is 6.32. The van der Waals surface area contributed by atoms with Crippen LogP contribution in [0.5, 0.6) is 0 Å². The molecule has 0 unspecified atom stereocenters. The number of benzene rings is 2. The van der Waals surface area contributed by atoms with E-state index in [2.05, 4.69) is 103 Å². The maximum absolute atomic E-state index is 4.17. The summed E-state index contributed by atoms with van der Waals surface area (Å²) in [6, 6.07) is 17.3. The molecule has 1 aromatic heterocycles. The van der Waals surface area contributed by atoms with Crippen LogP contribution >= 0.6 is 0 Å². The van der Waals surface area contributed by atoms with Gasteiger partial charge in [-0.2, -0.15) is 0 Å². The summed E-state index contributed by atoms with van der Waals surface area (Å²) in [5, 5.41) is 1.26.